The van der Waals surface area contributed by atoms with E-state index in [4.69, 9.17) is 5.11 Å². The van der Waals surface area contributed by atoms with Crippen LogP contribution in [0.5, 0.6) is 0 Å². The molecule has 1 aromatic rings. The normalized spacial score (nSPS) is 23.0. The first-order valence-corrected chi connectivity index (χ1v) is 6.76. The van der Waals surface area contributed by atoms with E-state index in [-0.39, 0.29) is 17.9 Å². The molecule has 1 aliphatic carbocycles. The standard InChI is InChI=1S/C12H16N2O3S/c1-6-10(18-7(2)13-6)11(15)14-9-4-3-8(5-9)12(16)17/h8-9H,3-5H2,1-2H3,(H,14,15)(H,16,17)/t8-,9-/m1/s1. The van der Waals surface area contributed by atoms with Crippen molar-refractivity contribution in [3.8, 4) is 0 Å². The summed E-state index contributed by atoms with van der Waals surface area (Å²) in [6.07, 6.45) is 1.90. The molecule has 6 heteroatoms. The molecule has 1 heterocycles. The lowest BCUT2D eigenvalue weighted by atomic mass is 10.1. The van der Waals surface area contributed by atoms with Crippen LogP contribution in [0.2, 0.25) is 0 Å². The summed E-state index contributed by atoms with van der Waals surface area (Å²) in [4.78, 5) is 27.7. The fourth-order valence-electron chi connectivity index (χ4n) is 2.33. The summed E-state index contributed by atoms with van der Waals surface area (Å²) in [5, 5.41) is 12.7. The van der Waals surface area contributed by atoms with Gasteiger partial charge in [-0.25, -0.2) is 4.98 Å². The summed E-state index contributed by atoms with van der Waals surface area (Å²) in [6, 6.07) is -0.0274. The van der Waals surface area contributed by atoms with E-state index in [9.17, 15) is 9.59 Å². The van der Waals surface area contributed by atoms with Gasteiger partial charge in [0.2, 0.25) is 0 Å². The number of carboxylic acids is 1. The van der Waals surface area contributed by atoms with Crippen LogP contribution in [0.1, 0.15) is 39.6 Å². The van der Waals surface area contributed by atoms with Crippen molar-refractivity contribution in [3.05, 3.63) is 15.6 Å². The topological polar surface area (TPSA) is 79.3 Å². The lowest BCUT2D eigenvalue weighted by Gasteiger charge is -2.11. The second-order valence-corrected chi connectivity index (χ2v) is 5.87. The van der Waals surface area contributed by atoms with Gasteiger partial charge in [-0.05, 0) is 33.1 Å². The number of rotatable bonds is 3. The quantitative estimate of drug-likeness (QED) is 0.875. The molecule has 0 spiro atoms. The molecule has 1 fully saturated rings. The third-order valence-electron chi connectivity index (χ3n) is 3.23. The molecular formula is C12H16N2O3S. The number of thiazole rings is 1. The number of carboxylic acid groups (broad SMARTS) is 1. The minimum atomic E-state index is -0.767. The van der Waals surface area contributed by atoms with Gasteiger partial charge in [-0.15, -0.1) is 11.3 Å². The van der Waals surface area contributed by atoms with Crippen molar-refractivity contribution < 1.29 is 14.7 Å². The zero-order chi connectivity index (χ0) is 13.3. The molecule has 0 aromatic carbocycles. The van der Waals surface area contributed by atoms with Gasteiger partial charge in [0.25, 0.3) is 5.91 Å². The van der Waals surface area contributed by atoms with Crippen molar-refractivity contribution in [3.63, 3.8) is 0 Å². The highest BCUT2D eigenvalue weighted by molar-refractivity contribution is 7.13. The Labute approximate surface area is 109 Å². The SMILES string of the molecule is Cc1nc(C)c(C(=O)N[C@@H]2CC[C@@H](C(=O)O)C2)s1. The van der Waals surface area contributed by atoms with E-state index in [2.05, 4.69) is 10.3 Å². The van der Waals surface area contributed by atoms with Crippen LogP contribution in [0.15, 0.2) is 0 Å². The molecule has 5 nitrogen and oxygen atoms in total. The maximum Gasteiger partial charge on any atom is 0.306 e. The Kier molecular flexibility index (Phi) is 3.65. The van der Waals surface area contributed by atoms with Gasteiger partial charge < -0.3 is 10.4 Å². The van der Waals surface area contributed by atoms with Crippen LogP contribution >= 0.6 is 11.3 Å². The maximum absolute atomic E-state index is 12.0. The molecule has 2 rings (SSSR count). The van der Waals surface area contributed by atoms with Gasteiger partial charge in [-0.3, -0.25) is 9.59 Å². The number of hydrogen-bond donors (Lipinski definition) is 2. The number of carbonyl (C=O) groups is 2. The Morgan fingerprint density at radius 3 is 2.61 bits per heavy atom. The number of aryl methyl sites for hydroxylation is 2. The smallest absolute Gasteiger partial charge is 0.306 e. The average molecular weight is 268 g/mol. The van der Waals surface area contributed by atoms with Crippen LogP contribution in [-0.4, -0.2) is 28.0 Å². The summed E-state index contributed by atoms with van der Waals surface area (Å²) in [5.74, 6) is -1.22. The first-order valence-electron chi connectivity index (χ1n) is 5.95. The number of hydrogen-bond acceptors (Lipinski definition) is 4. The summed E-state index contributed by atoms with van der Waals surface area (Å²) < 4.78 is 0. The fraction of sp³-hybridized carbons (Fsp3) is 0.583. The third-order valence-corrected chi connectivity index (χ3v) is 4.30. The van der Waals surface area contributed by atoms with E-state index in [0.29, 0.717) is 17.7 Å². The van der Waals surface area contributed by atoms with Gasteiger partial charge in [-0.1, -0.05) is 0 Å². The largest absolute Gasteiger partial charge is 0.481 e. The van der Waals surface area contributed by atoms with E-state index in [0.717, 1.165) is 17.1 Å². The van der Waals surface area contributed by atoms with E-state index in [1.54, 1.807) is 0 Å². The summed E-state index contributed by atoms with van der Waals surface area (Å²) in [7, 11) is 0. The molecule has 98 valence electrons. The number of nitrogens with one attached hydrogen (secondary N) is 1. The minimum absolute atomic E-state index is 0.0274. The first-order chi connectivity index (χ1) is 8.47. The van der Waals surface area contributed by atoms with Crippen molar-refractivity contribution in [2.75, 3.05) is 0 Å². The molecule has 1 saturated carbocycles. The van der Waals surface area contributed by atoms with Crippen LogP contribution in [-0.2, 0) is 4.79 Å². The molecule has 0 unspecified atom stereocenters. The van der Waals surface area contributed by atoms with Gasteiger partial charge in [0.05, 0.1) is 16.6 Å². The molecule has 2 N–H and O–H groups in total. The van der Waals surface area contributed by atoms with Gasteiger partial charge >= 0.3 is 5.97 Å². The monoisotopic (exact) mass is 268 g/mol. The molecule has 1 aliphatic rings. The van der Waals surface area contributed by atoms with Crippen LogP contribution in [0.4, 0.5) is 0 Å². The number of aromatic nitrogens is 1. The third kappa shape index (κ3) is 2.69. The van der Waals surface area contributed by atoms with Crippen LogP contribution in [0.25, 0.3) is 0 Å². The van der Waals surface area contributed by atoms with E-state index in [1.165, 1.54) is 11.3 Å². The van der Waals surface area contributed by atoms with Gasteiger partial charge in [0, 0.05) is 6.04 Å². The van der Waals surface area contributed by atoms with E-state index >= 15 is 0 Å². The molecule has 0 aliphatic heterocycles. The molecule has 2 atom stereocenters. The first kappa shape index (κ1) is 13.0. The van der Waals surface area contributed by atoms with Crippen molar-refractivity contribution in [1.29, 1.82) is 0 Å². The Morgan fingerprint density at radius 1 is 1.39 bits per heavy atom. The molecule has 0 bridgehead atoms. The fourth-order valence-corrected chi connectivity index (χ4v) is 3.15. The van der Waals surface area contributed by atoms with Crippen LogP contribution < -0.4 is 5.32 Å². The highest BCUT2D eigenvalue weighted by atomic mass is 32.1. The predicted octanol–water partition coefficient (Wildman–Crippen LogP) is 1.74. The van der Waals surface area contributed by atoms with Gasteiger partial charge in [-0.2, -0.15) is 0 Å². The van der Waals surface area contributed by atoms with E-state index in [1.807, 2.05) is 13.8 Å². The zero-order valence-corrected chi connectivity index (χ0v) is 11.2. The van der Waals surface area contributed by atoms with E-state index < -0.39 is 5.97 Å². The number of aliphatic carboxylic acids is 1. The molecule has 1 aromatic heterocycles. The number of amides is 1. The molecule has 1 amide bonds. The average Bonchev–Trinajstić information content (AvgIpc) is 2.85. The maximum atomic E-state index is 12.0. The van der Waals surface area contributed by atoms with Crippen LogP contribution in [0, 0.1) is 19.8 Å². The van der Waals surface area contributed by atoms with Crippen molar-refractivity contribution in [2.45, 2.75) is 39.2 Å². The second kappa shape index (κ2) is 5.06. The Hall–Kier alpha value is -1.43. The van der Waals surface area contributed by atoms with Crippen LogP contribution in [0.3, 0.4) is 0 Å². The molecule has 0 saturated heterocycles. The van der Waals surface area contributed by atoms with Crippen molar-refractivity contribution in [1.82, 2.24) is 10.3 Å². The molecular weight excluding hydrogens is 252 g/mol. The minimum Gasteiger partial charge on any atom is -0.481 e. The lowest BCUT2D eigenvalue weighted by molar-refractivity contribution is -0.141. The van der Waals surface area contributed by atoms with Crippen molar-refractivity contribution >= 4 is 23.2 Å². The van der Waals surface area contributed by atoms with Crippen molar-refractivity contribution in [2.24, 2.45) is 5.92 Å². The lowest BCUT2D eigenvalue weighted by Crippen LogP contribution is -2.33. The number of carbonyl (C=O) groups excluding carboxylic acids is 1. The molecule has 0 radical (unpaired) electrons. The second-order valence-electron chi connectivity index (χ2n) is 4.67. The highest BCUT2D eigenvalue weighted by Gasteiger charge is 2.31. The Bertz CT molecular complexity index is 484. The predicted molar refractivity (Wildman–Crippen MR) is 67.8 cm³/mol. The summed E-state index contributed by atoms with van der Waals surface area (Å²) in [6.45, 7) is 3.68. The Balaban J connectivity index is 1.97. The molecule has 18 heavy (non-hydrogen) atoms. The summed E-state index contributed by atoms with van der Waals surface area (Å²) >= 11 is 1.37. The summed E-state index contributed by atoms with van der Waals surface area (Å²) in [5.41, 5.74) is 0.739. The Morgan fingerprint density at radius 2 is 2.11 bits per heavy atom. The van der Waals surface area contributed by atoms with Gasteiger partial charge in [0.1, 0.15) is 4.88 Å². The number of nitrogens with zero attached hydrogens (tertiary/aromatic N) is 1. The zero-order valence-electron chi connectivity index (χ0n) is 10.4. The highest BCUT2D eigenvalue weighted by Crippen LogP contribution is 2.26. The van der Waals surface area contributed by atoms with Gasteiger partial charge in [0.15, 0.2) is 0 Å².